The van der Waals surface area contributed by atoms with E-state index in [4.69, 9.17) is 4.74 Å². The van der Waals surface area contributed by atoms with Gasteiger partial charge in [0, 0.05) is 12.8 Å². The number of rotatable bonds is 5. The minimum atomic E-state index is -0.874. The van der Waals surface area contributed by atoms with Crippen molar-refractivity contribution >= 4 is 17.5 Å². The Kier molecular flexibility index (Phi) is 5.46. The van der Waals surface area contributed by atoms with Crippen molar-refractivity contribution in [3.05, 3.63) is 30.1 Å². The van der Waals surface area contributed by atoms with E-state index in [1.54, 1.807) is 0 Å². The van der Waals surface area contributed by atoms with E-state index in [2.05, 4.69) is 16.0 Å². The predicted octanol–water partition coefficient (Wildman–Crippen LogP) is 0.649. The average Bonchev–Trinajstić information content (AvgIpc) is 2.55. The fourth-order valence-electron chi connectivity index (χ4n) is 2.41. The monoisotopic (exact) mass is 309 g/mol. The second kappa shape index (κ2) is 7.33. The summed E-state index contributed by atoms with van der Waals surface area (Å²) in [6, 6.07) is 5.42. The molecular formula is C15H20FN3O3. The number of benzene rings is 1. The molecule has 6 nitrogen and oxygen atoms in total. The summed E-state index contributed by atoms with van der Waals surface area (Å²) in [5.41, 5.74) is -0.398. The van der Waals surface area contributed by atoms with Gasteiger partial charge >= 0.3 is 0 Å². The second-order valence-corrected chi connectivity index (χ2v) is 5.19. The maximum atomic E-state index is 12.8. The maximum absolute atomic E-state index is 12.8. The molecule has 0 atom stereocenters. The molecule has 1 aromatic rings. The average molecular weight is 309 g/mol. The largest absolute Gasteiger partial charge is 0.368 e. The number of anilines is 1. The van der Waals surface area contributed by atoms with Crippen LogP contribution in [0.4, 0.5) is 10.1 Å². The van der Waals surface area contributed by atoms with Crippen molar-refractivity contribution in [2.24, 2.45) is 0 Å². The Hall–Kier alpha value is -1.99. The lowest BCUT2D eigenvalue weighted by Crippen LogP contribution is -2.55. The number of hydrogen-bond acceptors (Lipinski definition) is 4. The summed E-state index contributed by atoms with van der Waals surface area (Å²) in [6.45, 7) is 1.24. The van der Waals surface area contributed by atoms with Gasteiger partial charge in [-0.05, 0) is 50.2 Å². The molecule has 0 bridgehead atoms. The molecule has 1 heterocycles. The number of carbonyl (C=O) groups excluding carboxylic acids is 2. The van der Waals surface area contributed by atoms with Crippen LogP contribution >= 0.6 is 0 Å². The number of carbonyl (C=O) groups is 2. The van der Waals surface area contributed by atoms with E-state index >= 15 is 0 Å². The molecule has 1 aromatic carbocycles. The summed E-state index contributed by atoms with van der Waals surface area (Å²) in [4.78, 5) is 24.1. The van der Waals surface area contributed by atoms with E-state index in [-0.39, 0.29) is 24.2 Å². The molecule has 0 radical (unpaired) electrons. The Balaban J connectivity index is 1.84. The molecule has 1 saturated heterocycles. The Morgan fingerprint density at radius 3 is 2.50 bits per heavy atom. The molecule has 1 aliphatic heterocycles. The van der Waals surface area contributed by atoms with Gasteiger partial charge in [-0.25, -0.2) is 4.39 Å². The van der Waals surface area contributed by atoms with Gasteiger partial charge in [-0.3, -0.25) is 9.59 Å². The topological polar surface area (TPSA) is 79.5 Å². The Morgan fingerprint density at radius 1 is 1.27 bits per heavy atom. The smallest absolute Gasteiger partial charge is 0.252 e. The van der Waals surface area contributed by atoms with Crippen LogP contribution < -0.4 is 16.0 Å². The van der Waals surface area contributed by atoms with Crippen LogP contribution in [-0.4, -0.2) is 44.2 Å². The summed E-state index contributed by atoms with van der Waals surface area (Å²) in [6.07, 6.45) is 1.13. The summed E-state index contributed by atoms with van der Waals surface area (Å²) in [5, 5.41) is 8.34. The van der Waals surface area contributed by atoms with E-state index in [0.717, 1.165) is 0 Å². The molecule has 0 aliphatic carbocycles. The maximum Gasteiger partial charge on any atom is 0.252 e. The molecule has 0 unspecified atom stereocenters. The van der Waals surface area contributed by atoms with Gasteiger partial charge in [-0.15, -0.1) is 0 Å². The molecule has 22 heavy (non-hydrogen) atoms. The van der Waals surface area contributed by atoms with E-state index in [0.29, 0.717) is 31.6 Å². The normalized spacial score (nSPS) is 16.8. The highest BCUT2D eigenvalue weighted by Crippen LogP contribution is 2.22. The van der Waals surface area contributed by atoms with Crippen LogP contribution in [0.15, 0.2) is 24.3 Å². The van der Waals surface area contributed by atoms with Gasteiger partial charge in [-0.1, -0.05) is 0 Å². The highest BCUT2D eigenvalue weighted by Gasteiger charge is 2.39. The zero-order chi connectivity index (χ0) is 16.0. The van der Waals surface area contributed by atoms with Crippen molar-refractivity contribution in [2.75, 3.05) is 32.1 Å². The quantitative estimate of drug-likeness (QED) is 0.746. The zero-order valence-electron chi connectivity index (χ0n) is 12.4. The molecule has 0 aromatic heterocycles. The standard InChI is InChI=1S/C15H20FN3O3/c1-22-15(6-8-17-9-7-15)14(21)18-10-13(20)19-12-4-2-11(16)3-5-12/h2-5,17H,6-10H2,1H3,(H,18,21)(H,19,20). The molecule has 120 valence electrons. The summed E-state index contributed by atoms with van der Waals surface area (Å²) >= 11 is 0. The van der Waals surface area contributed by atoms with E-state index in [9.17, 15) is 14.0 Å². The van der Waals surface area contributed by atoms with Gasteiger partial charge in [0.2, 0.25) is 5.91 Å². The van der Waals surface area contributed by atoms with Gasteiger partial charge in [-0.2, -0.15) is 0 Å². The first-order chi connectivity index (χ1) is 10.6. The highest BCUT2D eigenvalue weighted by atomic mass is 19.1. The van der Waals surface area contributed by atoms with Crippen molar-refractivity contribution in [3.8, 4) is 0 Å². The van der Waals surface area contributed by atoms with Gasteiger partial charge in [0.25, 0.3) is 5.91 Å². The van der Waals surface area contributed by atoms with Crippen LogP contribution in [0.2, 0.25) is 0 Å². The van der Waals surface area contributed by atoms with Crippen molar-refractivity contribution in [1.82, 2.24) is 10.6 Å². The number of nitrogens with one attached hydrogen (secondary N) is 3. The molecule has 7 heteroatoms. The first-order valence-corrected chi connectivity index (χ1v) is 7.15. The number of halogens is 1. The lowest BCUT2D eigenvalue weighted by Gasteiger charge is -2.34. The summed E-state index contributed by atoms with van der Waals surface area (Å²) in [5.74, 6) is -1.04. The molecule has 0 saturated carbocycles. The first kappa shape index (κ1) is 16.4. The molecule has 2 rings (SSSR count). The molecule has 1 fully saturated rings. The van der Waals surface area contributed by atoms with Crippen LogP contribution in [0.25, 0.3) is 0 Å². The Labute approximate surface area is 128 Å². The number of ether oxygens (including phenoxy) is 1. The van der Waals surface area contributed by atoms with Crippen LogP contribution in [0.1, 0.15) is 12.8 Å². The Bertz CT molecular complexity index is 527. The third-order valence-electron chi connectivity index (χ3n) is 3.75. The van der Waals surface area contributed by atoms with Crippen LogP contribution in [0.3, 0.4) is 0 Å². The lowest BCUT2D eigenvalue weighted by atomic mass is 9.91. The minimum Gasteiger partial charge on any atom is -0.368 e. The minimum absolute atomic E-state index is 0.158. The number of hydrogen-bond donors (Lipinski definition) is 3. The highest BCUT2D eigenvalue weighted by molar-refractivity contribution is 5.95. The third kappa shape index (κ3) is 4.02. The summed E-state index contributed by atoms with van der Waals surface area (Å²) < 4.78 is 18.2. The van der Waals surface area contributed by atoms with E-state index in [1.165, 1.54) is 31.4 Å². The molecule has 3 N–H and O–H groups in total. The molecule has 0 spiro atoms. The molecule has 2 amide bonds. The third-order valence-corrected chi connectivity index (χ3v) is 3.75. The Morgan fingerprint density at radius 2 is 1.91 bits per heavy atom. The fourth-order valence-corrected chi connectivity index (χ4v) is 2.41. The zero-order valence-corrected chi connectivity index (χ0v) is 12.4. The van der Waals surface area contributed by atoms with E-state index < -0.39 is 5.60 Å². The van der Waals surface area contributed by atoms with E-state index in [1.807, 2.05) is 0 Å². The summed E-state index contributed by atoms with van der Waals surface area (Å²) in [7, 11) is 1.50. The van der Waals surface area contributed by atoms with Crippen LogP contribution in [0.5, 0.6) is 0 Å². The lowest BCUT2D eigenvalue weighted by molar-refractivity contribution is -0.147. The van der Waals surface area contributed by atoms with Crippen molar-refractivity contribution in [1.29, 1.82) is 0 Å². The molecule has 1 aliphatic rings. The predicted molar refractivity (Wildman–Crippen MR) is 79.9 cm³/mol. The van der Waals surface area contributed by atoms with Crippen molar-refractivity contribution in [2.45, 2.75) is 18.4 Å². The SMILES string of the molecule is COC1(C(=O)NCC(=O)Nc2ccc(F)cc2)CCNCC1. The number of amides is 2. The molecular weight excluding hydrogens is 289 g/mol. The fraction of sp³-hybridized carbons (Fsp3) is 0.467. The number of methoxy groups -OCH3 is 1. The first-order valence-electron chi connectivity index (χ1n) is 7.15. The van der Waals surface area contributed by atoms with Gasteiger partial charge < -0.3 is 20.7 Å². The van der Waals surface area contributed by atoms with Crippen LogP contribution in [0, 0.1) is 5.82 Å². The van der Waals surface area contributed by atoms with Gasteiger partial charge in [0.05, 0.1) is 6.54 Å². The van der Waals surface area contributed by atoms with Gasteiger partial charge in [0.15, 0.2) is 0 Å². The van der Waals surface area contributed by atoms with Gasteiger partial charge in [0.1, 0.15) is 11.4 Å². The van der Waals surface area contributed by atoms with Crippen molar-refractivity contribution in [3.63, 3.8) is 0 Å². The van der Waals surface area contributed by atoms with Crippen molar-refractivity contribution < 1.29 is 18.7 Å². The second-order valence-electron chi connectivity index (χ2n) is 5.19. The van der Waals surface area contributed by atoms with Crippen LogP contribution in [-0.2, 0) is 14.3 Å². The number of piperidine rings is 1.